The highest BCUT2D eigenvalue weighted by molar-refractivity contribution is 8.14. The van der Waals surface area contributed by atoms with Crippen molar-refractivity contribution in [1.29, 1.82) is 0 Å². The molecule has 0 bridgehead atoms. The van der Waals surface area contributed by atoms with Crippen LogP contribution in [0.15, 0.2) is 40.2 Å². The molecule has 2 saturated heterocycles. The molecule has 5 unspecified atom stereocenters. The van der Waals surface area contributed by atoms with Crippen molar-refractivity contribution in [2.75, 3.05) is 12.8 Å². The first-order chi connectivity index (χ1) is 10.2. The lowest BCUT2D eigenvalue weighted by molar-refractivity contribution is -0.147. The van der Waals surface area contributed by atoms with Gasteiger partial charge in [0.15, 0.2) is 5.17 Å². The van der Waals surface area contributed by atoms with E-state index < -0.39 is 18.3 Å². The Labute approximate surface area is 132 Å². The number of ether oxygens (including phenoxy) is 1. The van der Waals surface area contributed by atoms with E-state index in [2.05, 4.69) is 10.3 Å². The summed E-state index contributed by atoms with van der Waals surface area (Å²) in [5.41, 5.74) is -0.205. The maximum atomic E-state index is 10.3. The molecule has 7 heteroatoms. The molecule has 5 nitrogen and oxygen atoms in total. The molecule has 0 aromatic heterocycles. The van der Waals surface area contributed by atoms with Crippen LogP contribution >= 0.6 is 23.5 Å². The Morgan fingerprint density at radius 2 is 2.05 bits per heavy atom. The first kappa shape index (κ1) is 15.2. The standard InChI is InChI=1S/C14H18N2O3S2/c1-15-14-16-10-12(18)11(17)9(19-13(10)21-14)7-20-8-5-3-2-4-6-8/h2-6,9-13,17-18H,7H2,1H3,(H,15,16). The van der Waals surface area contributed by atoms with Crippen LogP contribution in [-0.2, 0) is 4.74 Å². The molecule has 3 rings (SSSR count). The van der Waals surface area contributed by atoms with Gasteiger partial charge in [-0.2, -0.15) is 0 Å². The number of aliphatic hydroxyl groups is 2. The monoisotopic (exact) mass is 326 g/mol. The van der Waals surface area contributed by atoms with Crippen molar-refractivity contribution in [1.82, 2.24) is 5.32 Å². The van der Waals surface area contributed by atoms with Crippen LogP contribution in [0, 0.1) is 0 Å². The summed E-state index contributed by atoms with van der Waals surface area (Å²) in [7, 11) is 1.69. The van der Waals surface area contributed by atoms with Crippen molar-refractivity contribution in [2.24, 2.45) is 4.99 Å². The van der Waals surface area contributed by atoms with Crippen molar-refractivity contribution in [3.8, 4) is 0 Å². The van der Waals surface area contributed by atoms with E-state index >= 15 is 0 Å². The zero-order chi connectivity index (χ0) is 14.8. The van der Waals surface area contributed by atoms with Crippen LogP contribution in [0.5, 0.6) is 0 Å². The number of hydrogen-bond acceptors (Lipinski definition) is 6. The highest BCUT2D eigenvalue weighted by atomic mass is 32.2. The predicted molar refractivity (Wildman–Crippen MR) is 85.7 cm³/mol. The third kappa shape index (κ3) is 3.22. The van der Waals surface area contributed by atoms with Crippen molar-refractivity contribution >= 4 is 28.7 Å². The molecule has 114 valence electrons. The number of nitrogens with one attached hydrogen (secondary N) is 1. The lowest BCUT2D eigenvalue weighted by Crippen LogP contribution is -2.59. The summed E-state index contributed by atoms with van der Waals surface area (Å²) in [6.45, 7) is 0. The van der Waals surface area contributed by atoms with E-state index in [0.29, 0.717) is 5.75 Å². The average molecular weight is 326 g/mol. The van der Waals surface area contributed by atoms with Gasteiger partial charge in [-0.15, -0.1) is 11.8 Å². The molecule has 2 fully saturated rings. The molecule has 21 heavy (non-hydrogen) atoms. The molecular weight excluding hydrogens is 308 g/mol. The van der Waals surface area contributed by atoms with E-state index in [1.807, 2.05) is 30.3 Å². The SMILES string of the molecule is CN=C1NC2C(OC(CSc3ccccc3)C(O)C2O)S1. The molecule has 2 aliphatic heterocycles. The fourth-order valence-electron chi connectivity index (χ4n) is 2.42. The second-order valence-electron chi connectivity index (χ2n) is 4.96. The van der Waals surface area contributed by atoms with Crippen LogP contribution in [-0.4, -0.2) is 58.0 Å². The van der Waals surface area contributed by atoms with Crippen LogP contribution in [0.2, 0.25) is 0 Å². The molecule has 0 aliphatic carbocycles. The molecule has 0 spiro atoms. The summed E-state index contributed by atoms with van der Waals surface area (Å²) >= 11 is 3.08. The Morgan fingerprint density at radius 1 is 1.29 bits per heavy atom. The fraction of sp³-hybridized carbons (Fsp3) is 0.500. The first-order valence-electron chi connectivity index (χ1n) is 6.78. The van der Waals surface area contributed by atoms with Gasteiger partial charge in [-0.05, 0) is 12.1 Å². The molecule has 0 saturated carbocycles. The Balaban J connectivity index is 1.64. The molecule has 0 amide bonds. The van der Waals surface area contributed by atoms with E-state index in [9.17, 15) is 10.2 Å². The summed E-state index contributed by atoms with van der Waals surface area (Å²) in [4.78, 5) is 5.20. The third-order valence-electron chi connectivity index (χ3n) is 3.58. The first-order valence-corrected chi connectivity index (χ1v) is 8.65. The lowest BCUT2D eigenvalue weighted by atomic mass is 9.99. The Bertz CT molecular complexity index is 514. The zero-order valence-electron chi connectivity index (χ0n) is 11.5. The van der Waals surface area contributed by atoms with Crippen LogP contribution in [0.3, 0.4) is 0 Å². The van der Waals surface area contributed by atoms with Gasteiger partial charge < -0.3 is 20.3 Å². The van der Waals surface area contributed by atoms with Gasteiger partial charge in [0, 0.05) is 17.7 Å². The van der Waals surface area contributed by atoms with Gasteiger partial charge in [-0.3, -0.25) is 4.99 Å². The number of aliphatic imine (C=N–C) groups is 1. The number of hydrogen-bond donors (Lipinski definition) is 3. The minimum absolute atomic E-state index is 0.205. The quantitative estimate of drug-likeness (QED) is 0.717. The highest BCUT2D eigenvalue weighted by Crippen LogP contribution is 2.35. The third-order valence-corrected chi connectivity index (χ3v) is 5.84. The average Bonchev–Trinajstić information content (AvgIpc) is 2.94. The topological polar surface area (TPSA) is 74.1 Å². The number of nitrogens with zero attached hydrogens (tertiary/aromatic N) is 1. The normalized spacial score (nSPS) is 37.3. The van der Waals surface area contributed by atoms with E-state index in [4.69, 9.17) is 4.74 Å². The Kier molecular flexibility index (Phi) is 4.75. The van der Waals surface area contributed by atoms with Gasteiger partial charge in [-0.1, -0.05) is 30.0 Å². The van der Waals surface area contributed by atoms with E-state index in [1.54, 1.807) is 18.8 Å². The summed E-state index contributed by atoms with van der Waals surface area (Å²) < 4.78 is 5.94. The van der Waals surface area contributed by atoms with Crippen LogP contribution < -0.4 is 5.32 Å². The number of aliphatic hydroxyl groups excluding tert-OH is 2. The second-order valence-corrected chi connectivity index (χ2v) is 7.15. The van der Waals surface area contributed by atoms with Crippen LogP contribution in [0.25, 0.3) is 0 Å². The molecule has 0 radical (unpaired) electrons. The van der Waals surface area contributed by atoms with E-state index in [1.165, 1.54) is 11.8 Å². The minimum atomic E-state index is -0.897. The Hall–Kier alpha value is -0.730. The van der Waals surface area contributed by atoms with E-state index in [-0.39, 0.29) is 11.5 Å². The minimum Gasteiger partial charge on any atom is -0.388 e. The fourth-order valence-corrected chi connectivity index (χ4v) is 4.51. The summed E-state index contributed by atoms with van der Waals surface area (Å²) in [6.07, 6.45) is -2.14. The van der Waals surface area contributed by atoms with Crippen molar-refractivity contribution in [3.63, 3.8) is 0 Å². The van der Waals surface area contributed by atoms with Gasteiger partial charge in [0.25, 0.3) is 0 Å². The van der Waals surface area contributed by atoms with Gasteiger partial charge in [0.2, 0.25) is 0 Å². The largest absolute Gasteiger partial charge is 0.388 e. The van der Waals surface area contributed by atoms with E-state index in [0.717, 1.165) is 10.1 Å². The predicted octanol–water partition coefficient (Wildman–Crippen LogP) is 0.916. The van der Waals surface area contributed by atoms with Crippen LogP contribution in [0.4, 0.5) is 0 Å². The summed E-state index contributed by atoms with van der Waals surface area (Å²) in [6, 6.07) is 9.66. The molecule has 2 aliphatic rings. The molecular formula is C14H18N2O3S2. The van der Waals surface area contributed by atoms with Crippen LogP contribution in [0.1, 0.15) is 0 Å². The van der Waals surface area contributed by atoms with Crippen molar-refractivity contribution < 1.29 is 14.9 Å². The maximum absolute atomic E-state index is 10.3. The number of thioether (sulfide) groups is 2. The Morgan fingerprint density at radius 3 is 2.76 bits per heavy atom. The maximum Gasteiger partial charge on any atom is 0.159 e. The lowest BCUT2D eigenvalue weighted by Gasteiger charge is -2.38. The second kappa shape index (κ2) is 6.58. The molecule has 2 heterocycles. The van der Waals surface area contributed by atoms with Gasteiger partial charge in [0.1, 0.15) is 17.6 Å². The zero-order valence-corrected chi connectivity index (χ0v) is 13.2. The van der Waals surface area contributed by atoms with Gasteiger partial charge in [-0.25, -0.2) is 0 Å². The number of rotatable bonds is 3. The highest BCUT2D eigenvalue weighted by Gasteiger charge is 2.48. The van der Waals surface area contributed by atoms with Crippen molar-refractivity contribution in [2.45, 2.75) is 34.7 Å². The molecule has 3 N–H and O–H groups in total. The van der Waals surface area contributed by atoms with Gasteiger partial charge in [0.05, 0.1) is 12.1 Å². The number of fused-ring (bicyclic) bond motifs is 1. The number of benzene rings is 1. The van der Waals surface area contributed by atoms with Gasteiger partial charge >= 0.3 is 0 Å². The summed E-state index contributed by atoms with van der Waals surface area (Å²) in [5, 5.41) is 24.3. The summed E-state index contributed by atoms with van der Waals surface area (Å²) in [5.74, 6) is 0.602. The molecule has 1 aromatic rings. The smallest absolute Gasteiger partial charge is 0.159 e. The van der Waals surface area contributed by atoms with Crippen molar-refractivity contribution in [3.05, 3.63) is 30.3 Å². The molecule has 5 atom stereocenters. The molecule has 1 aromatic carbocycles. The number of amidine groups is 1.